The molecule has 2 heterocycles. The van der Waals surface area contributed by atoms with Crippen molar-refractivity contribution >= 4 is 11.8 Å². The van der Waals surface area contributed by atoms with E-state index in [4.69, 9.17) is 9.15 Å². The van der Waals surface area contributed by atoms with E-state index >= 15 is 0 Å². The molecule has 0 aliphatic heterocycles. The molecule has 0 bridgehead atoms. The summed E-state index contributed by atoms with van der Waals surface area (Å²) in [5.41, 5.74) is 0.658. The van der Waals surface area contributed by atoms with Crippen molar-refractivity contribution in [3.63, 3.8) is 0 Å². The van der Waals surface area contributed by atoms with Crippen molar-refractivity contribution < 1.29 is 13.9 Å². The van der Waals surface area contributed by atoms with Crippen LogP contribution >= 0.6 is 0 Å². The number of carbonyl (C=O) groups excluding carboxylic acids is 1. The third kappa shape index (κ3) is 4.74. The van der Waals surface area contributed by atoms with Gasteiger partial charge in [-0.15, -0.1) is 0 Å². The van der Waals surface area contributed by atoms with Crippen molar-refractivity contribution in [3.8, 4) is 5.88 Å². The summed E-state index contributed by atoms with van der Waals surface area (Å²) in [4.78, 5) is 22.1. The van der Waals surface area contributed by atoms with E-state index in [-0.39, 0.29) is 12.6 Å². The first-order valence-electron chi connectivity index (χ1n) is 6.70. The topological polar surface area (TPSA) is 92.5 Å². The van der Waals surface area contributed by atoms with E-state index in [9.17, 15) is 4.79 Å². The van der Waals surface area contributed by atoms with Crippen molar-refractivity contribution in [1.29, 1.82) is 0 Å². The molecule has 0 aliphatic carbocycles. The van der Waals surface area contributed by atoms with Crippen LogP contribution < -0.4 is 15.4 Å². The average molecular weight is 305 g/mol. The lowest BCUT2D eigenvalue weighted by Gasteiger charge is -2.06. The molecule has 0 aliphatic rings. The van der Waals surface area contributed by atoms with Crippen molar-refractivity contribution in [3.05, 3.63) is 36.0 Å². The molecule has 0 aromatic carbocycles. The van der Waals surface area contributed by atoms with Crippen molar-refractivity contribution in [2.45, 2.75) is 13.1 Å². The molecule has 0 atom stereocenters. The zero-order valence-electron chi connectivity index (χ0n) is 12.8. The fourth-order valence-electron chi connectivity index (χ4n) is 1.70. The van der Waals surface area contributed by atoms with Crippen LogP contribution in [0.4, 0.5) is 10.6 Å². The molecular formula is C14H19N5O3. The molecule has 22 heavy (non-hydrogen) atoms. The number of urea groups is 1. The monoisotopic (exact) mass is 305 g/mol. The van der Waals surface area contributed by atoms with E-state index in [1.807, 2.05) is 19.0 Å². The fourth-order valence-corrected chi connectivity index (χ4v) is 1.70. The molecule has 8 nitrogen and oxygen atoms in total. The van der Waals surface area contributed by atoms with E-state index in [0.29, 0.717) is 29.8 Å². The summed E-state index contributed by atoms with van der Waals surface area (Å²) < 4.78 is 10.3. The van der Waals surface area contributed by atoms with E-state index in [0.717, 1.165) is 0 Å². The van der Waals surface area contributed by atoms with Crippen molar-refractivity contribution in [2.75, 3.05) is 26.5 Å². The average Bonchev–Trinajstić information content (AvgIpc) is 2.92. The highest BCUT2D eigenvalue weighted by molar-refractivity contribution is 5.88. The summed E-state index contributed by atoms with van der Waals surface area (Å²) in [6.07, 6.45) is 1.53. The summed E-state index contributed by atoms with van der Waals surface area (Å²) in [6, 6.07) is 4.74. The molecule has 2 aromatic heterocycles. The number of amides is 2. The maximum atomic E-state index is 11.8. The number of oxazole rings is 1. The molecule has 118 valence electrons. The number of hydrogen-bond donors (Lipinski definition) is 2. The van der Waals surface area contributed by atoms with Crippen molar-refractivity contribution in [1.82, 2.24) is 20.2 Å². The number of carbonyl (C=O) groups is 1. The van der Waals surface area contributed by atoms with Crippen LogP contribution in [0.15, 0.2) is 28.9 Å². The Hall–Kier alpha value is -2.61. The van der Waals surface area contributed by atoms with Crippen LogP contribution in [0.5, 0.6) is 5.88 Å². The van der Waals surface area contributed by atoms with E-state index in [2.05, 4.69) is 20.6 Å². The van der Waals surface area contributed by atoms with Gasteiger partial charge in [-0.25, -0.2) is 9.78 Å². The quantitative estimate of drug-likeness (QED) is 0.839. The first-order valence-corrected chi connectivity index (χ1v) is 6.70. The van der Waals surface area contributed by atoms with Gasteiger partial charge in [0.15, 0.2) is 0 Å². The third-order valence-corrected chi connectivity index (χ3v) is 2.66. The zero-order chi connectivity index (χ0) is 15.9. The molecule has 2 N–H and O–H groups in total. The van der Waals surface area contributed by atoms with Crippen LogP contribution in [0, 0.1) is 0 Å². The van der Waals surface area contributed by atoms with Gasteiger partial charge in [0, 0.05) is 6.07 Å². The highest BCUT2D eigenvalue weighted by Crippen LogP contribution is 2.10. The molecule has 0 unspecified atom stereocenters. The first-order chi connectivity index (χ1) is 10.6. The van der Waals surface area contributed by atoms with E-state index in [1.54, 1.807) is 18.2 Å². The number of pyridine rings is 1. The van der Waals surface area contributed by atoms with Crippen LogP contribution in [0.25, 0.3) is 0 Å². The highest BCUT2D eigenvalue weighted by atomic mass is 16.5. The Morgan fingerprint density at radius 3 is 2.91 bits per heavy atom. The Balaban J connectivity index is 1.83. The summed E-state index contributed by atoms with van der Waals surface area (Å²) in [5.74, 6) is 1.45. The lowest BCUT2D eigenvalue weighted by molar-refractivity contribution is 0.251. The number of aromatic nitrogens is 2. The van der Waals surface area contributed by atoms with Gasteiger partial charge in [0.05, 0.1) is 25.9 Å². The van der Waals surface area contributed by atoms with E-state index in [1.165, 1.54) is 13.4 Å². The number of hydrogen-bond acceptors (Lipinski definition) is 6. The van der Waals surface area contributed by atoms with Gasteiger partial charge in [-0.1, -0.05) is 6.07 Å². The molecule has 8 heteroatoms. The molecule has 2 amide bonds. The first kappa shape index (κ1) is 15.8. The zero-order valence-corrected chi connectivity index (χ0v) is 12.8. The molecular weight excluding hydrogens is 286 g/mol. The molecule has 0 saturated carbocycles. The summed E-state index contributed by atoms with van der Waals surface area (Å²) in [7, 11) is 5.37. The Kier molecular flexibility index (Phi) is 5.31. The fraction of sp³-hybridized carbons (Fsp3) is 0.357. The second-order valence-corrected chi connectivity index (χ2v) is 4.84. The molecule has 0 saturated heterocycles. The number of nitrogens with one attached hydrogen (secondary N) is 2. The normalized spacial score (nSPS) is 10.5. The highest BCUT2D eigenvalue weighted by Gasteiger charge is 2.08. The Labute approximate surface area is 128 Å². The number of rotatable bonds is 6. The van der Waals surface area contributed by atoms with Gasteiger partial charge >= 0.3 is 6.03 Å². The van der Waals surface area contributed by atoms with Crippen LogP contribution in [0.1, 0.15) is 11.6 Å². The van der Waals surface area contributed by atoms with Gasteiger partial charge < -0.3 is 19.4 Å². The predicted molar refractivity (Wildman–Crippen MR) is 80.5 cm³/mol. The maximum absolute atomic E-state index is 11.8. The molecule has 0 spiro atoms. The van der Waals surface area contributed by atoms with Crippen LogP contribution in [-0.4, -0.2) is 42.1 Å². The summed E-state index contributed by atoms with van der Waals surface area (Å²) in [6.45, 7) is 0.882. The van der Waals surface area contributed by atoms with Gasteiger partial charge in [-0.3, -0.25) is 5.32 Å². The van der Waals surface area contributed by atoms with Crippen LogP contribution in [-0.2, 0) is 13.1 Å². The van der Waals surface area contributed by atoms with Crippen LogP contribution in [0.3, 0.4) is 0 Å². The minimum Gasteiger partial charge on any atom is -0.481 e. The minimum atomic E-state index is -0.377. The Morgan fingerprint density at radius 2 is 2.18 bits per heavy atom. The van der Waals surface area contributed by atoms with E-state index < -0.39 is 0 Å². The van der Waals surface area contributed by atoms with Gasteiger partial charge in [0.2, 0.25) is 11.8 Å². The second kappa shape index (κ2) is 7.41. The van der Waals surface area contributed by atoms with Crippen molar-refractivity contribution in [2.24, 2.45) is 0 Å². The standard InChI is InChI=1S/C14H19N5O3/c1-19(2)8-13-16-10(9-22-13)7-15-14(20)18-11-5-4-6-12(17-11)21-3/h4-6,9H,7-8H2,1-3H3,(H2,15,17,18,20). The molecule has 2 rings (SSSR count). The number of nitrogens with zero attached hydrogens (tertiary/aromatic N) is 3. The summed E-state index contributed by atoms with van der Waals surface area (Å²) >= 11 is 0. The molecule has 0 radical (unpaired) electrons. The number of ether oxygens (including phenoxy) is 1. The predicted octanol–water partition coefficient (Wildman–Crippen LogP) is 1.46. The number of anilines is 1. The summed E-state index contributed by atoms with van der Waals surface area (Å²) in [5, 5.41) is 5.30. The minimum absolute atomic E-state index is 0.271. The second-order valence-electron chi connectivity index (χ2n) is 4.84. The van der Waals surface area contributed by atoms with Gasteiger partial charge in [0.25, 0.3) is 0 Å². The van der Waals surface area contributed by atoms with Gasteiger partial charge in [-0.2, -0.15) is 4.98 Å². The largest absolute Gasteiger partial charge is 0.481 e. The van der Waals surface area contributed by atoms with Gasteiger partial charge in [0.1, 0.15) is 12.1 Å². The maximum Gasteiger partial charge on any atom is 0.320 e. The van der Waals surface area contributed by atoms with Gasteiger partial charge in [-0.05, 0) is 20.2 Å². The Morgan fingerprint density at radius 1 is 1.36 bits per heavy atom. The molecule has 2 aromatic rings. The lowest BCUT2D eigenvalue weighted by atomic mass is 10.4. The number of methoxy groups -OCH3 is 1. The smallest absolute Gasteiger partial charge is 0.320 e. The molecule has 0 fully saturated rings. The Bertz CT molecular complexity index is 626. The third-order valence-electron chi connectivity index (χ3n) is 2.66. The van der Waals surface area contributed by atoms with Crippen LogP contribution in [0.2, 0.25) is 0 Å². The SMILES string of the molecule is COc1cccc(NC(=O)NCc2coc(CN(C)C)n2)n1. The lowest BCUT2D eigenvalue weighted by Crippen LogP contribution is -2.28.